The van der Waals surface area contributed by atoms with Crippen LogP contribution in [0.15, 0.2) is 33.9 Å². The van der Waals surface area contributed by atoms with Crippen molar-refractivity contribution in [3.63, 3.8) is 0 Å². The van der Waals surface area contributed by atoms with E-state index >= 15 is 0 Å². The van der Waals surface area contributed by atoms with Crippen molar-refractivity contribution in [2.24, 2.45) is 11.3 Å². The van der Waals surface area contributed by atoms with Crippen molar-refractivity contribution in [1.29, 1.82) is 0 Å². The maximum Gasteiger partial charge on any atom is 0.277 e. The molecule has 1 heterocycles. The SMILES string of the molecule is CCC(C)(C)C1CCC(NC(=O)CSc2nnc(-c3ccc(F)cc3)o2)CC1. The molecule has 5 nitrogen and oxygen atoms in total. The van der Waals surface area contributed by atoms with Crippen molar-refractivity contribution in [1.82, 2.24) is 15.5 Å². The van der Waals surface area contributed by atoms with Gasteiger partial charge < -0.3 is 9.73 Å². The summed E-state index contributed by atoms with van der Waals surface area (Å²) in [4.78, 5) is 12.3. The Hall–Kier alpha value is -1.89. The highest BCUT2D eigenvalue weighted by Gasteiger charge is 2.32. The van der Waals surface area contributed by atoms with Gasteiger partial charge in [0, 0.05) is 11.6 Å². The van der Waals surface area contributed by atoms with Gasteiger partial charge in [-0.1, -0.05) is 39.0 Å². The number of thioether (sulfide) groups is 1. The Morgan fingerprint density at radius 1 is 1.21 bits per heavy atom. The van der Waals surface area contributed by atoms with Gasteiger partial charge in [-0.3, -0.25) is 4.79 Å². The van der Waals surface area contributed by atoms with Gasteiger partial charge in [0.1, 0.15) is 5.82 Å². The van der Waals surface area contributed by atoms with Crippen LogP contribution >= 0.6 is 11.8 Å². The summed E-state index contributed by atoms with van der Waals surface area (Å²) in [6, 6.07) is 6.11. The minimum absolute atomic E-state index is 0.00951. The van der Waals surface area contributed by atoms with Crippen molar-refractivity contribution >= 4 is 17.7 Å². The molecule has 0 radical (unpaired) electrons. The summed E-state index contributed by atoms with van der Waals surface area (Å²) in [6.07, 6.45) is 5.61. The Morgan fingerprint density at radius 2 is 1.89 bits per heavy atom. The molecule has 1 saturated carbocycles. The zero-order valence-corrected chi connectivity index (χ0v) is 17.5. The van der Waals surface area contributed by atoms with Crippen LogP contribution in [0.5, 0.6) is 0 Å². The van der Waals surface area contributed by atoms with Crippen LogP contribution in [0.1, 0.15) is 52.9 Å². The Balaban J connectivity index is 1.43. The first-order valence-electron chi connectivity index (χ1n) is 9.89. The number of benzene rings is 1. The molecule has 1 N–H and O–H groups in total. The quantitative estimate of drug-likeness (QED) is 0.651. The number of amides is 1. The molecule has 0 spiro atoms. The highest BCUT2D eigenvalue weighted by atomic mass is 32.2. The number of hydrogen-bond donors (Lipinski definition) is 1. The third-order valence-corrected chi connectivity index (χ3v) is 6.75. The van der Waals surface area contributed by atoms with Crippen molar-refractivity contribution < 1.29 is 13.6 Å². The lowest BCUT2D eigenvalue weighted by molar-refractivity contribution is -0.119. The molecule has 28 heavy (non-hydrogen) atoms. The number of nitrogens with one attached hydrogen (secondary N) is 1. The molecule has 0 saturated heterocycles. The fraction of sp³-hybridized carbons (Fsp3) is 0.571. The van der Waals surface area contributed by atoms with Gasteiger partial charge in [0.15, 0.2) is 0 Å². The average molecular weight is 406 g/mol. The molecule has 0 atom stereocenters. The van der Waals surface area contributed by atoms with Gasteiger partial charge in [0.2, 0.25) is 11.8 Å². The van der Waals surface area contributed by atoms with E-state index in [1.807, 2.05) is 0 Å². The summed E-state index contributed by atoms with van der Waals surface area (Å²) in [5, 5.41) is 11.4. The van der Waals surface area contributed by atoms with Crippen molar-refractivity contribution in [3.8, 4) is 11.5 Å². The first-order chi connectivity index (χ1) is 13.4. The number of halogens is 1. The van der Waals surface area contributed by atoms with Crippen LogP contribution in [0.4, 0.5) is 4.39 Å². The van der Waals surface area contributed by atoms with Gasteiger partial charge in [-0.2, -0.15) is 0 Å². The standard InChI is InChI=1S/C21H28FN3O2S/c1-4-21(2,3)15-7-11-17(12-8-15)23-18(26)13-28-20-25-24-19(27-20)14-5-9-16(22)10-6-14/h5-6,9-10,15,17H,4,7-8,11-13H2,1-3H3,(H,23,26). The minimum atomic E-state index is -0.318. The summed E-state index contributed by atoms with van der Waals surface area (Å²) >= 11 is 1.22. The molecule has 152 valence electrons. The lowest BCUT2D eigenvalue weighted by Gasteiger charge is -2.39. The summed E-state index contributed by atoms with van der Waals surface area (Å²) in [7, 11) is 0. The molecule has 1 aliphatic rings. The number of aromatic nitrogens is 2. The van der Waals surface area contributed by atoms with Crippen molar-refractivity contribution in [2.45, 2.75) is 64.1 Å². The predicted molar refractivity (Wildman–Crippen MR) is 108 cm³/mol. The number of carbonyl (C=O) groups excluding carboxylic acids is 1. The van der Waals surface area contributed by atoms with Gasteiger partial charge in [-0.05, 0) is 61.3 Å². The maximum atomic E-state index is 13.0. The van der Waals surface area contributed by atoms with Crippen LogP contribution in [-0.4, -0.2) is 27.9 Å². The zero-order chi connectivity index (χ0) is 20.1. The van der Waals surface area contributed by atoms with Crippen LogP contribution < -0.4 is 5.32 Å². The minimum Gasteiger partial charge on any atom is -0.411 e. The Bertz CT molecular complexity index is 783. The monoisotopic (exact) mass is 405 g/mol. The predicted octanol–water partition coefficient (Wildman–Crippen LogP) is 5.08. The molecular formula is C21H28FN3O2S. The molecule has 0 unspecified atom stereocenters. The lowest BCUT2D eigenvalue weighted by atomic mass is 9.69. The van der Waals surface area contributed by atoms with Crippen LogP contribution in [0.2, 0.25) is 0 Å². The van der Waals surface area contributed by atoms with E-state index in [0.717, 1.165) is 18.8 Å². The number of hydrogen-bond acceptors (Lipinski definition) is 5. The number of nitrogens with zero attached hydrogens (tertiary/aromatic N) is 2. The largest absolute Gasteiger partial charge is 0.411 e. The molecule has 0 bridgehead atoms. The Morgan fingerprint density at radius 3 is 2.54 bits per heavy atom. The highest BCUT2D eigenvalue weighted by molar-refractivity contribution is 7.99. The summed E-state index contributed by atoms with van der Waals surface area (Å²) < 4.78 is 18.5. The van der Waals surface area contributed by atoms with Gasteiger partial charge in [0.25, 0.3) is 5.22 Å². The first kappa shape index (κ1) is 20.8. The molecular weight excluding hydrogens is 377 g/mol. The van der Waals surface area contributed by atoms with Crippen LogP contribution in [0, 0.1) is 17.2 Å². The normalized spacial score (nSPS) is 20.1. The molecule has 1 aromatic carbocycles. The van der Waals surface area contributed by atoms with E-state index in [9.17, 15) is 9.18 Å². The van der Waals surface area contributed by atoms with E-state index in [0.29, 0.717) is 22.1 Å². The first-order valence-corrected chi connectivity index (χ1v) is 10.9. The van der Waals surface area contributed by atoms with Crippen LogP contribution in [0.25, 0.3) is 11.5 Å². The summed E-state index contributed by atoms with van der Waals surface area (Å²) in [5.41, 5.74) is 1.03. The van der Waals surface area contributed by atoms with Gasteiger partial charge in [-0.15, -0.1) is 10.2 Å². The molecule has 1 fully saturated rings. The average Bonchev–Trinajstić information content (AvgIpc) is 3.16. The van der Waals surface area contributed by atoms with Crippen LogP contribution in [-0.2, 0) is 4.79 Å². The molecule has 1 aliphatic carbocycles. The second-order valence-corrected chi connectivity index (χ2v) is 9.05. The Kier molecular flexibility index (Phi) is 6.75. The fourth-order valence-electron chi connectivity index (χ4n) is 3.68. The zero-order valence-electron chi connectivity index (χ0n) is 16.7. The van der Waals surface area contributed by atoms with E-state index in [-0.39, 0.29) is 23.5 Å². The highest BCUT2D eigenvalue weighted by Crippen LogP contribution is 2.40. The summed E-state index contributed by atoms with van der Waals surface area (Å²) in [6.45, 7) is 6.94. The topological polar surface area (TPSA) is 68.0 Å². The molecule has 0 aliphatic heterocycles. The van der Waals surface area contributed by atoms with E-state index in [4.69, 9.17) is 4.42 Å². The molecule has 1 aromatic heterocycles. The smallest absolute Gasteiger partial charge is 0.277 e. The lowest BCUT2D eigenvalue weighted by Crippen LogP contribution is -2.40. The number of rotatable bonds is 7. The summed E-state index contributed by atoms with van der Waals surface area (Å²) in [5.74, 6) is 0.973. The van der Waals surface area contributed by atoms with Gasteiger partial charge in [0.05, 0.1) is 5.75 Å². The van der Waals surface area contributed by atoms with E-state index in [1.54, 1.807) is 12.1 Å². The van der Waals surface area contributed by atoms with Crippen molar-refractivity contribution in [2.75, 3.05) is 5.75 Å². The van der Waals surface area contributed by atoms with Gasteiger partial charge in [-0.25, -0.2) is 4.39 Å². The van der Waals surface area contributed by atoms with E-state index in [1.165, 1.54) is 43.2 Å². The van der Waals surface area contributed by atoms with Crippen LogP contribution in [0.3, 0.4) is 0 Å². The van der Waals surface area contributed by atoms with E-state index in [2.05, 4.69) is 36.3 Å². The molecule has 1 amide bonds. The van der Waals surface area contributed by atoms with Gasteiger partial charge >= 0.3 is 0 Å². The third kappa shape index (κ3) is 5.34. The maximum absolute atomic E-state index is 13.0. The number of carbonyl (C=O) groups is 1. The second-order valence-electron chi connectivity index (χ2n) is 8.13. The third-order valence-electron chi connectivity index (χ3n) is 5.93. The molecule has 3 rings (SSSR count). The second kappa shape index (κ2) is 9.07. The molecule has 7 heteroatoms. The Labute approximate surface area is 169 Å². The fourth-order valence-corrected chi connectivity index (χ4v) is 4.26. The van der Waals surface area contributed by atoms with E-state index < -0.39 is 0 Å². The van der Waals surface area contributed by atoms with Crippen molar-refractivity contribution in [3.05, 3.63) is 30.1 Å². The molecule has 2 aromatic rings.